The third-order valence-electron chi connectivity index (χ3n) is 3.08. The standard InChI is InChI=1S/C15H7ClF6O/c16-13(23)12-7-10(15(20,21)22)5-6-11(12)8-1-3-9(4-2-8)14(17,18)19/h1-7H. The van der Waals surface area contributed by atoms with Gasteiger partial charge < -0.3 is 0 Å². The summed E-state index contributed by atoms with van der Waals surface area (Å²) in [6, 6.07) is 5.98. The quantitative estimate of drug-likeness (QED) is 0.495. The van der Waals surface area contributed by atoms with Crippen molar-refractivity contribution in [1.82, 2.24) is 0 Å². The Bertz CT molecular complexity index is 731. The number of alkyl halides is 6. The Kier molecular flexibility index (Phi) is 4.43. The predicted octanol–water partition coefficient (Wildman–Crippen LogP) is 5.77. The summed E-state index contributed by atoms with van der Waals surface area (Å²) in [6.07, 6.45) is -9.20. The summed E-state index contributed by atoms with van der Waals surface area (Å²) in [5, 5.41) is -1.13. The van der Waals surface area contributed by atoms with Gasteiger partial charge in [-0.05, 0) is 47.0 Å². The third kappa shape index (κ3) is 3.85. The van der Waals surface area contributed by atoms with Crippen LogP contribution in [0.4, 0.5) is 26.3 Å². The summed E-state index contributed by atoms with van der Waals surface area (Å²) in [6.45, 7) is 0. The second-order valence-electron chi connectivity index (χ2n) is 4.61. The molecule has 0 spiro atoms. The Morgan fingerprint density at radius 3 is 1.70 bits per heavy atom. The first-order valence-corrected chi connectivity index (χ1v) is 6.46. The van der Waals surface area contributed by atoms with E-state index in [0.717, 1.165) is 36.4 Å². The molecule has 0 unspecified atom stereocenters. The summed E-state index contributed by atoms with van der Waals surface area (Å²) in [4.78, 5) is 11.4. The molecule has 122 valence electrons. The molecule has 0 fully saturated rings. The van der Waals surface area contributed by atoms with E-state index in [9.17, 15) is 31.1 Å². The van der Waals surface area contributed by atoms with E-state index in [4.69, 9.17) is 11.6 Å². The van der Waals surface area contributed by atoms with Crippen molar-refractivity contribution in [3.63, 3.8) is 0 Å². The van der Waals surface area contributed by atoms with E-state index < -0.39 is 34.3 Å². The van der Waals surface area contributed by atoms with Crippen LogP contribution >= 0.6 is 11.6 Å². The van der Waals surface area contributed by atoms with Crippen molar-refractivity contribution < 1.29 is 31.1 Å². The summed E-state index contributed by atoms with van der Waals surface area (Å²) in [7, 11) is 0. The Morgan fingerprint density at radius 1 is 0.783 bits per heavy atom. The van der Waals surface area contributed by atoms with Crippen LogP contribution in [0.3, 0.4) is 0 Å². The molecule has 0 aromatic heterocycles. The highest BCUT2D eigenvalue weighted by atomic mass is 35.5. The second-order valence-corrected chi connectivity index (χ2v) is 4.95. The van der Waals surface area contributed by atoms with Crippen molar-refractivity contribution in [1.29, 1.82) is 0 Å². The van der Waals surface area contributed by atoms with E-state index in [0.29, 0.717) is 6.07 Å². The lowest BCUT2D eigenvalue weighted by atomic mass is 9.97. The van der Waals surface area contributed by atoms with Crippen LogP contribution in [-0.4, -0.2) is 5.24 Å². The molecular weight excluding hydrogens is 346 g/mol. The minimum absolute atomic E-state index is 0.0201. The van der Waals surface area contributed by atoms with E-state index in [1.165, 1.54) is 0 Å². The maximum atomic E-state index is 12.7. The van der Waals surface area contributed by atoms with Crippen LogP contribution in [0.25, 0.3) is 11.1 Å². The lowest BCUT2D eigenvalue weighted by Gasteiger charge is -2.12. The number of hydrogen-bond acceptors (Lipinski definition) is 1. The molecule has 0 amide bonds. The van der Waals surface area contributed by atoms with Crippen molar-refractivity contribution >= 4 is 16.8 Å². The summed E-state index contributed by atoms with van der Waals surface area (Å²) >= 11 is 5.30. The topological polar surface area (TPSA) is 17.1 Å². The van der Waals surface area contributed by atoms with Crippen LogP contribution in [-0.2, 0) is 12.4 Å². The molecule has 0 radical (unpaired) electrons. The Morgan fingerprint density at radius 2 is 1.26 bits per heavy atom. The number of carbonyl (C=O) groups excluding carboxylic acids is 1. The first-order valence-electron chi connectivity index (χ1n) is 6.09. The fourth-order valence-corrected chi connectivity index (χ4v) is 2.13. The number of carbonyl (C=O) groups is 1. The van der Waals surface area contributed by atoms with Gasteiger partial charge in [-0.25, -0.2) is 0 Å². The molecule has 0 aliphatic heterocycles. The SMILES string of the molecule is O=C(Cl)c1cc(C(F)(F)F)ccc1-c1ccc(C(F)(F)F)cc1. The summed E-state index contributed by atoms with van der Waals surface area (Å²) in [5.74, 6) is 0. The van der Waals surface area contributed by atoms with E-state index in [1.54, 1.807) is 0 Å². The van der Waals surface area contributed by atoms with Crippen LogP contribution in [0.15, 0.2) is 42.5 Å². The minimum atomic E-state index is -4.67. The Hall–Kier alpha value is -2.02. The Balaban J connectivity index is 2.53. The molecule has 0 bridgehead atoms. The number of hydrogen-bond donors (Lipinski definition) is 0. The van der Waals surface area contributed by atoms with Gasteiger partial charge in [0.1, 0.15) is 0 Å². The highest BCUT2D eigenvalue weighted by Crippen LogP contribution is 2.35. The average Bonchev–Trinajstić information content (AvgIpc) is 2.45. The van der Waals surface area contributed by atoms with E-state index in [1.807, 2.05) is 0 Å². The molecule has 2 rings (SSSR count). The van der Waals surface area contributed by atoms with Gasteiger partial charge in [0.2, 0.25) is 0 Å². The van der Waals surface area contributed by atoms with Crippen molar-refractivity contribution in [3.05, 3.63) is 59.2 Å². The lowest BCUT2D eigenvalue weighted by Crippen LogP contribution is -2.07. The zero-order chi connectivity index (χ0) is 17.4. The maximum absolute atomic E-state index is 12.7. The molecule has 8 heteroatoms. The van der Waals surface area contributed by atoms with Gasteiger partial charge in [-0.2, -0.15) is 26.3 Å². The normalized spacial score (nSPS) is 12.3. The molecule has 0 aliphatic rings. The maximum Gasteiger partial charge on any atom is 0.416 e. The molecule has 0 N–H and O–H groups in total. The van der Waals surface area contributed by atoms with Gasteiger partial charge in [-0.1, -0.05) is 18.2 Å². The largest absolute Gasteiger partial charge is 0.416 e. The number of halogens is 7. The molecule has 23 heavy (non-hydrogen) atoms. The molecule has 2 aromatic rings. The van der Waals surface area contributed by atoms with Crippen molar-refractivity contribution in [2.75, 3.05) is 0 Å². The van der Waals surface area contributed by atoms with Gasteiger partial charge >= 0.3 is 12.4 Å². The van der Waals surface area contributed by atoms with Crippen LogP contribution in [0.1, 0.15) is 21.5 Å². The van der Waals surface area contributed by atoms with Crippen molar-refractivity contribution in [2.45, 2.75) is 12.4 Å². The van der Waals surface area contributed by atoms with Crippen LogP contribution < -0.4 is 0 Å². The second kappa shape index (κ2) is 5.88. The van der Waals surface area contributed by atoms with Crippen LogP contribution in [0, 0.1) is 0 Å². The van der Waals surface area contributed by atoms with Gasteiger partial charge in [0.15, 0.2) is 0 Å². The number of benzene rings is 2. The smallest absolute Gasteiger partial charge is 0.276 e. The molecular formula is C15H7ClF6O. The first kappa shape index (κ1) is 17.3. The zero-order valence-corrected chi connectivity index (χ0v) is 11.9. The van der Waals surface area contributed by atoms with Gasteiger partial charge in [-0.3, -0.25) is 4.79 Å². The van der Waals surface area contributed by atoms with Crippen LogP contribution in [0.2, 0.25) is 0 Å². The monoisotopic (exact) mass is 352 g/mol. The van der Waals surface area contributed by atoms with Crippen LogP contribution in [0.5, 0.6) is 0 Å². The van der Waals surface area contributed by atoms with Crippen molar-refractivity contribution in [2.24, 2.45) is 0 Å². The molecule has 0 saturated carbocycles. The van der Waals surface area contributed by atoms with Gasteiger partial charge in [0.05, 0.1) is 11.1 Å². The lowest BCUT2D eigenvalue weighted by molar-refractivity contribution is -0.138. The Labute approximate surface area is 131 Å². The zero-order valence-electron chi connectivity index (χ0n) is 11.1. The van der Waals surface area contributed by atoms with Gasteiger partial charge in [-0.15, -0.1) is 0 Å². The highest BCUT2D eigenvalue weighted by Gasteiger charge is 2.32. The summed E-state index contributed by atoms with van der Waals surface area (Å²) in [5.41, 5.74) is -2.24. The first-order chi connectivity index (χ1) is 10.5. The van der Waals surface area contributed by atoms with Gasteiger partial charge in [0, 0.05) is 5.56 Å². The molecule has 2 aromatic carbocycles. The molecule has 0 atom stereocenters. The summed E-state index contributed by atoms with van der Waals surface area (Å²) < 4.78 is 75.6. The number of rotatable bonds is 2. The molecule has 1 nitrogen and oxygen atoms in total. The minimum Gasteiger partial charge on any atom is -0.276 e. The van der Waals surface area contributed by atoms with E-state index in [-0.39, 0.29) is 11.1 Å². The fraction of sp³-hybridized carbons (Fsp3) is 0.133. The fourth-order valence-electron chi connectivity index (χ4n) is 1.97. The van der Waals surface area contributed by atoms with E-state index in [2.05, 4.69) is 0 Å². The van der Waals surface area contributed by atoms with Crippen molar-refractivity contribution in [3.8, 4) is 11.1 Å². The molecule has 0 heterocycles. The predicted molar refractivity (Wildman–Crippen MR) is 72.1 cm³/mol. The third-order valence-corrected chi connectivity index (χ3v) is 3.29. The van der Waals surface area contributed by atoms with Gasteiger partial charge in [0.25, 0.3) is 5.24 Å². The molecule has 0 saturated heterocycles. The highest BCUT2D eigenvalue weighted by molar-refractivity contribution is 6.68. The average molecular weight is 353 g/mol. The van der Waals surface area contributed by atoms with E-state index >= 15 is 0 Å². The molecule has 0 aliphatic carbocycles.